The molecule has 0 spiro atoms. The van der Waals surface area contributed by atoms with Gasteiger partial charge >= 0.3 is 5.97 Å². The smallest absolute Gasteiger partial charge is 0.326 e. The van der Waals surface area contributed by atoms with Gasteiger partial charge in [-0.05, 0) is 37.0 Å². The summed E-state index contributed by atoms with van der Waals surface area (Å²) in [5, 5.41) is 16.7. The number of carboxylic acid groups (broad SMARTS) is 1. The average molecular weight is 354 g/mol. The molecule has 0 bridgehead atoms. The SMILES string of the molecule is O=C(NC(C(=O)O)C1CC1)c1cnn(-c2ccc(Cl)cc2Cl)c1. The molecule has 1 unspecified atom stereocenters. The van der Waals surface area contributed by atoms with Crippen LogP contribution in [0.4, 0.5) is 0 Å². The predicted octanol–water partition coefficient (Wildman–Crippen LogP) is 2.77. The minimum absolute atomic E-state index is 0.0113. The van der Waals surface area contributed by atoms with Crippen LogP contribution in [-0.2, 0) is 4.79 Å². The quantitative estimate of drug-likeness (QED) is 0.865. The van der Waals surface area contributed by atoms with Gasteiger partial charge in [0.15, 0.2) is 0 Å². The van der Waals surface area contributed by atoms with Crippen molar-refractivity contribution in [2.45, 2.75) is 18.9 Å². The lowest BCUT2D eigenvalue weighted by Gasteiger charge is -2.12. The van der Waals surface area contributed by atoms with Gasteiger partial charge in [0.1, 0.15) is 6.04 Å². The van der Waals surface area contributed by atoms with E-state index in [4.69, 9.17) is 28.3 Å². The number of aliphatic carboxylic acids is 1. The first-order chi connectivity index (χ1) is 11.0. The first-order valence-electron chi connectivity index (χ1n) is 6.99. The molecule has 1 aromatic heterocycles. The highest BCUT2D eigenvalue weighted by Crippen LogP contribution is 2.33. The molecule has 3 rings (SSSR count). The van der Waals surface area contributed by atoms with Gasteiger partial charge in [-0.15, -0.1) is 0 Å². The third kappa shape index (κ3) is 3.48. The Labute approximate surface area is 142 Å². The summed E-state index contributed by atoms with van der Waals surface area (Å²) in [7, 11) is 0. The van der Waals surface area contributed by atoms with Crippen LogP contribution in [0.5, 0.6) is 0 Å². The van der Waals surface area contributed by atoms with Crippen molar-refractivity contribution in [3.05, 3.63) is 46.2 Å². The molecule has 1 amide bonds. The van der Waals surface area contributed by atoms with Crippen molar-refractivity contribution in [3.63, 3.8) is 0 Å². The molecule has 6 nitrogen and oxygen atoms in total. The highest BCUT2D eigenvalue weighted by molar-refractivity contribution is 6.35. The summed E-state index contributed by atoms with van der Waals surface area (Å²) in [5.74, 6) is -1.48. The third-order valence-electron chi connectivity index (χ3n) is 3.65. The standard InChI is InChI=1S/C15H13Cl2N3O3/c16-10-3-4-12(11(17)5-10)20-7-9(6-18-20)14(21)19-13(15(22)23)8-1-2-8/h3-8,13H,1-2H2,(H,19,21)(H,22,23). The van der Waals surface area contributed by atoms with E-state index in [-0.39, 0.29) is 11.5 Å². The van der Waals surface area contributed by atoms with Gasteiger partial charge in [-0.1, -0.05) is 23.2 Å². The van der Waals surface area contributed by atoms with Crippen molar-refractivity contribution in [2.24, 2.45) is 5.92 Å². The first kappa shape index (κ1) is 15.8. The minimum Gasteiger partial charge on any atom is -0.480 e. The Bertz CT molecular complexity index is 771. The molecule has 1 saturated carbocycles. The zero-order valence-electron chi connectivity index (χ0n) is 11.9. The number of carboxylic acids is 1. The normalized spacial score (nSPS) is 15.2. The molecule has 1 aliphatic carbocycles. The van der Waals surface area contributed by atoms with Gasteiger partial charge in [0.05, 0.1) is 22.5 Å². The van der Waals surface area contributed by atoms with Gasteiger partial charge in [-0.3, -0.25) is 4.79 Å². The Morgan fingerprint density at radius 3 is 2.70 bits per heavy atom. The fourth-order valence-electron chi connectivity index (χ4n) is 2.27. The van der Waals surface area contributed by atoms with E-state index in [0.29, 0.717) is 15.7 Å². The van der Waals surface area contributed by atoms with E-state index in [9.17, 15) is 9.59 Å². The lowest BCUT2D eigenvalue weighted by Crippen LogP contribution is -2.42. The van der Waals surface area contributed by atoms with Crippen LogP contribution in [0.15, 0.2) is 30.6 Å². The van der Waals surface area contributed by atoms with Crippen LogP contribution in [0.25, 0.3) is 5.69 Å². The lowest BCUT2D eigenvalue weighted by molar-refractivity contribution is -0.139. The first-order valence-corrected chi connectivity index (χ1v) is 7.75. The van der Waals surface area contributed by atoms with Crippen molar-refractivity contribution in [2.75, 3.05) is 0 Å². The minimum atomic E-state index is -1.02. The van der Waals surface area contributed by atoms with E-state index in [1.807, 2.05) is 0 Å². The highest BCUT2D eigenvalue weighted by atomic mass is 35.5. The van der Waals surface area contributed by atoms with E-state index in [0.717, 1.165) is 12.8 Å². The molecule has 1 atom stereocenters. The molecule has 1 fully saturated rings. The van der Waals surface area contributed by atoms with Gasteiger partial charge in [-0.2, -0.15) is 5.10 Å². The van der Waals surface area contributed by atoms with Crippen LogP contribution < -0.4 is 5.32 Å². The summed E-state index contributed by atoms with van der Waals surface area (Å²) < 4.78 is 1.44. The van der Waals surface area contributed by atoms with Gasteiger partial charge in [0, 0.05) is 11.2 Å². The van der Waals surface area contributed by atoms with Crippen LogP contribution in [0, 0.1) is 5.92 Å². The van der Waals surface area contributed by atoms with Crippen molar-refractivity contribution < 1.29 is 14.7 Å². The second-order valence-corrected chi connectivity index (χ2v) is 6.24. The van der Waals surface area contributed by atoms with Crippen LogP contribution >= 0.6 is 23.2 Å². The predicted molar refractivity (Wildman–Crippen MR) is 85.2 cm³/mol. The third-order valence-corrected chi connectivity index (χ3v) is 4.19. The fraction of sp³-hybridized carbons (Fsp3) is 0.267. The highest BCUT2D eigenvalue weighted by Gasteiger charge is 2.37. The molecule has 2 aromatic rings. The zero-order valence-corrected chi connectivity index (χ0v) is 13.4. The molecule has 23 heavy (non-hydrogen) atoms. The Kier molecular flexibility index (Phi) is 4.28. The van der Waals surface area contributed by atoms with Crippen molar-refractivity contribution in [1.82, 2.24) is 15.1 Å². The average Bonchev–Trinajstić information content (AvgIpc) is 3.21. The number of carbonyl (C=O) groups is 2. The monoisotopic (exact) mass is 353 g/mol. The molecule has 2 N–H and O–H groups in total. The van der Waals surface area contributed by atoms with Crippen LogP contribution in [0.1, 0.15) is 23.2 Å². The maximum atomic E-state index is 12.2. The van der Waals surface area contributed by atoms with Crippen molar-refractivity contribution >= 4 is 35.1 Å². The molecular weight excluding hydrogens is 341 g/mol. The number of amides is 1. The number of hydrogen-bond acceptors (Lipinski definition) is 3. The zero-order chi connectivity index (χ0) is 16.6. The summed E-state index contributed by atoms with van der Waals surface area (Å²) in [6.45, 7) is 0. The van der Waals surface area contributed by atoms with Crippen LogP contribution in [0.3, 0.4) is 0 Å². The van der Waals surface area contributed by atoms with Crippen LogP contribution in [-0.4, -0.2) is 32.8 Å². The maximum absolute atomic E-state index is 12.2. The number of halogens is 2. The van der Waals surface area contributed by atoms with Crippen molar-refractivity contribution in [1.29, 1.82) is 0 Å². The van der Waals surface area contributed by atoms with Gasteiger partial charge < -0.3 is 10.4 Å². The summed E-state index contributed by atoms with van der Waals surface area (Å²) in [5.41, 5.74) is 0.843. The second-order valence-electron chi connectivity index (χ2n) is 5.40. The number of carbonyl (C=O) groups excluding carboxylic acids is 1. The Balaban J connectivity index is 1.78. The molecule has 120 valence electrons. The molecular formula is C15H13Cl2N3O3. The number of hydrogen-bond donors (Lipinski definition) is 2. The van der Waals surface area contributed by atoms with Gasteiger partial charge in [0.2, 0.25) is 0 Å². The summed E-state index contributed by atoms with van der Waals surface area (Å²) in [6.07, 6.45) is 4.50. The second kappa shape index (κ2) is 6.22. The maximum Gasteiger partial charge on any atom is 0.326 e. The summed E-state index contributed by atoms with van der Waals surface area (Å²) >= 11 is 12.0. The molecule has 0 aliphatic heterocycles. The topological polar surface area (TPSA) is 84.2 Å². The lowest BCUT2D eigenvalue weighted by atomic mass is 10.2. The molecule has 8 heteroatoms. The Hall–Kier alpha value is -2.05. The number of nitrogens with zero attached hydrogens (tertiary/aromatic N) is 2. The Morgan fingerprint density at radius 1 is 1.35 bits per heavy atom. The largest absolute Gasteiger partial charge is 0.480 e. The van der Waals surface area contributed by atoms with E-state index in [1.165, 1.54) is 17.1 Å². The number of aromatic nitrogens is 2. The van der Waals surface area contributed by atoms with E-state index in [1.54, 1.807) is 18.2 Å². The molecule has 1 aliphatic rings. The van der Waals surface area contributed by atoms with E-state index < -0.39 is 17.9 Å². The number of rotatable bonds is 5. The molecule has 1 aromatic carbocycles. The summed E-state index contributed by atoms with van der Waals surface area (Å²) in [6, 6.07) is 4.07. The number of benzene rings is 1. The van der Waals surface area contributed by atoms with E-state index in [2.05, 4.69) is 10.4 Å². The number of nitrogens with one attached hydrogen (secondary N) is 1. The molecule has 0 radical (unpaired) electrons. The molecule has 1 heterocycles. The van der Waals surface area contributed by atoms with Crippen LogP contribution in [0.2, 0.25) is 10.0 Å². The van der Waals surface area contributed by atoms with E-state index >= 15 is 0 Å². The van der Waals surface area contributed by atoms with Gasteiger partial charge in [-0.25, -0.2) is 9.48 Å². The molecule has 0 saturated heterocycles. The fourth-order valence-corrected chi connectivity index (χ4v) is 2.77. The van der Waals surface area contributed by atoms with Gasteiger partial charge in [0.25, 0.3) is 5.91 Å². The summed E-state index contributed by atoms with van der Waals surface area (Å²) in [4.78, 5) is 23.4. The Morgan fingerprint density at radius 2 is 2.09 bits per heavy atom. The van der Waals surface area contributed by atoms with Crippen molar-refractivity contribution in [3.8, 4) is 5.69 Å².